The molecule has 12 heteroatoms. The van der Waals surface area contributed by atoms with Gasteiger partial charge in [0.25, 0.3) is 10.0 Å². The van der Waals surface area contributed by atoms with Crippen molar-refractivity contribution in [2.24, 2.45) is 5.92 Å². The fraction of sp³-hybridized carbons (Fsp3) is 0.280. The van der Waals surface area contributed by atoms with E-state index in [1.807, 2.05) is 16.9 Å². The van der Waals surface area contributed by atoms with Crippen molar-refractivity contribution in [1.82, 2.24) is 19.7 Å². The minimum atomic E-state index is -3.70. The van der Waals surface area contributed by atoms with Gasteiger partial charge < -0.3 is 5.32 Å². The van der Waals surface area contributed by atoms with Crippen LogP contribution in [0, 0.1) is 17.2 Å². The molecular formula is C25H24ClN7O2S2. The fourth-order valence-electron chi connectivity index (χ4n) is 4.54. The third-order valence-electron chi connectivity index (χ3n) is 6.34. The largest absolute Gasteiger partial charge is 0.324 e. The van der Waals surface area contributed by atoms with Crippen LogP contribution in [0.25, 0.3) is 11.3 Å². The van der Waals surface area contributed by atoms with Crippen LogP contribution in [-0.2, 0) is 10.0 Å². The van der Waals surface area contributed by atoms with E-state index in [4.69, 9.17) is 11.6 Å². The SMILES string of the molecule is N#CCC(C1CCCC1)n1cc(-c2ccnc(Nc3ccc(NS(=O)(=O)c4ccc(Cl)s4)cc3)n2)cn1. The molecule has 0 radical (unpaired) electrons. The molecule has 3 aromatic heterocycles. The van der Waals surface area contributed by atoms with Gasteiger partial charge in [-0.25, -0.2) is 18.4 Å². The van der Waals surface area contributed by atoms with Crippen LogP contribution in [-0.4, -0.2) is 28.2 Å². The van der Waals surface area contributed by atoms with Gasteiger partial charge in [-0.3, -0.25) is 9.40 Å². The van der Waals surface area contributed by atoms with Gasteiger partial charge in [0, 0.05) is 29.3 Å². The van der Waals surface area contributed by atoms with Crippen molar-refractivity contribution < 1.29 is 8.42 Å². The van der Waals surface area contributed by atoms with Crippen molar-refractivity contribution >= 4 is 50.3 Å². The predicted octanol–water partition coefficient (Wildman–Crippen LogP) is 6.24. The van der Waals surface area contributed by atoms with Crippen molar-refractivity contribution in [3.05, 3.63) is 65.4 Å². The second-order valence-corrected chi connectivity index (χ2v) is 12.4. The molecule has 0 spiro atoms. The number of benzene rings is 1. The number of hydrogen-bond donors (Lipinski definition) is 2. The molecule has 5 rings (SSSR count). The minimum Gasteiger partial charge on any atom is -0.324 e. The molecule has 2 N–H and O–H groups in total. The average molecular weight is 554 g/mol. The lowest BCUT2D eigenvalue weighted by molar-refractivity contribution is 0.315. The molecule has 1 aliphatic rings. The summed E-state index contributed by atoms with van der Waals surface area (Å²) in [7, 11) is -3.70. The number of anilines is 3. The van der Waals surface area contributed by atoms with Crippen LogP contribution in [0.5, 0.6) is 0 Å². The van der Waals surface area contributed by atoms with Crippen LogP contribution in [0.4, 0.5) is 17.3 Å². The van der Waals surface area contributed by atoms with Gasteiger partial charge >= 0.3 is 0 Å². The van der Waals surface area contributed by atoms with E-state index in [0.29, 0.717) is 39.7 Å². The van der Waals surface area contributed by atoms with Crippen LogP contribution in [0.1, 0.15) is 38.1 Å². The Balaban J connectivity index is 1.27. The summed E-state index contributed by atoms with van der Waals surface area (Å²) in [5, 5.41) is 17.0. The highest BCUT2D eigenvalue weighted by Gasteiger charge is 2.27. The van der Waals surface area contributed by atoms with E-state index in [1.54, 1.807) is 42.7 Å². The highest BCUT2D eigenvalue weighted by atomic mass is 35.5. The number of nitrogens with one attached hydrogen (secondary N) is 2. The normalized spacial score (nSPS) is 14.8. The van der Waals surface area contributed by atoms with Crippen LogP contribution in [0.2, 0.25) is 4.34 Å². The monoisotopic (exact) mass is 553 g/mol. The zero-order valence-corrected chi connectivity index (χ0v) is 22.1. The first-order valence-corrected chi connectivity index (χ1v) is 14.5. The van der Waals surface area contributed by atoms with Crippen LogP contribution >= 0.6 is 22.9 Å². The molecule has 3 heterocycles. The molecule has 1 atom stereocenters. The van der Waals surface area contributed by atoms with Gasteiger partial charge in [0.1, 0.15) is 4.21 Å². The van der Waals surface area contributed by atoms with Crippen molar-refractivity contribution in [2.45, 2.75) is 42.4 Å². The van der Waals surface area contributed by atoms with Crippen molar-refractivity contribution in [3.63, 3.8) is 0 Å². The summed E-state index contributed by atoms with van der Waals surface area (Å²) >= 11 is 6.86. The zero-order valence-electron chi connectivity index (χ0n) is 19.7. The Hall–Kier alpha value is -3.46. The maximum Gasteiger partial charge on any atom is 0.271 e. The maximum absolute atomic E-state index is 12.5. The lowest BCUT2D eigenvalue weighted by Gasteiger charge is -2.21. The van der Waals surface area contributed by atoms with Gasteiger partial charge in [0.05, 0.1) is 34.8 Å². The summed E-state index contributed by atoms with van der Waals surface area (Å²) in [5.74, 6) is 0.877. The van der Waals surface area contributed by atoms with Crippen molar-refractivity contribution in [3.8, 4) is 17.3 Å². The first-order chi connectivity index (χ1) is 17.9. The number of aromatic nitrogens is 4. The molecular weight excluding hydrogens is 530 g/mol. The Kier molecular flexibility index (Phi) is 7.41. The molecule has 0 bridgehead atoms. The summed E-state index contributed by atoms with van der Waals surface area (Å²) in [6, 6.07) is 14.0. The van der Waals surface area contributed by atoms with Gasteiger partial charge in [0.2, 0.25) is 5.95 Å². The number of sulfonamides is 1. The Bertz CT molecular complexity index is 1520. The quantitative estimate of drug-likeness (QED) is 0.251. The summed E-state index contributed by atoms with van der Waals surface area (Å²) in [6.07, 6.45) is 10.5. The topological polar surface area (TPSA) is 126 Å². The van der Waals surface area contributed by atoms with E-state index in [2.05, 4.69) is 31.2 Å². The summed E-state index contributed by atoms with van der Waals surface area (Å²) in [5.41, 5.74) is 2.69. The van der Waals surface area contributed by atoms with Crippen molar-refractivity contribution in [2.75, 3.05) is 10.0 Å². The van der Waals surface area contributed by atoms with Gasteiger partial charge in [-0.2, -0.15) is 10.4 Å². The zero-order chi connectivity index (χ0) is 25.8. The number of hydrogen-bond acceptors (Lipinski definition) is 8. The first-order valence-electron chi connectivity index (χ1n) is 11.8. The Morgan fingerprint density at radius 2 is 1.89 bits per heavy atom. The van der Waals surface area contributed by atoms with E-state index >= 15 is 0 Å². The smallest absolute Gasteiger partial charge is 0.271 e. The first kappa shape index (κ1) is 25.2. The van der Waals surface area contributed by atoms with E-state index in [0.717, 1.165) is 29.7 Å². The standard InChI is InChI=1S/C25H24ClN7O2S2/c26-23-9-10-24(36-23)37(34,35)32-20-7-5-19(6-8-20)30-25-28-14-12-21(31-25)18-15-29-33(16-18)22(11-13-27)17-3-1-2-4-17/h5-10,12,14-17,22,32H,1-4,11H2,(H,28,30,31). The highest BCUT2D eigenvalue weighted by Crippen LogP contribution is 2.36. The second kappa shape index (κ2) is 10.9. The van der Waals surface area contributed by atoms with Gasteiger partial charge in [-0.15, -0.1) is 11.3 Å². The van der Waals surface area contributed by atoms with Crippen LogP contribution in [0.15, 0.2) is 65.3 Å². The molecule has 0 aliphatic heterocycles. The molecule has 190 valence electrons. The number of halogens is 1. The molecule has 1 saturated carbocycles. The highest BCUT2D eigenvalue weighted by molar-refractivity contribution is 7.94. The van der Waals surface area contributed by atoms with E-state index in [-0.39, 0.29) is 10.3 Å². The fourth-order valence-corrected chi connectivity index (χ4v) is 7.08. The number of nitriles is 1. The van der Waals surface area contributed by atoms with Crippen LogP contribution in [0.3, 0.4) is 0 Å². The molecule has 9 nitrogen and oxygen atoms in total. The third-order valence-corrected chi connectivity index (χ3v) is 9.45. The Morgan fingerprint density at radius 3 is 2.59 bits per heavy atom. The Morgan fingerprint density at radius 1 is 1.14 bits per heavy atom. The average Bonchev–Trinajstić information content (AvgIpc) is 3.66. The number of rotatable bonds is 9. The van der Waals surface area contributed by atoms with Crippen molar-refractivity contribution in [1.29, 1.82) is 5.26 Å². The molecule has 1 unspecified atom stereocenters. The summed E-state index contributed by atoms with van der Waals surface area (Å²) in [6.45, 7) is 0. The molecule has 0 saturated heterocycles. The molecule has 1 aromatic carbocycles. The van der Waals surface area contributed by atoms with E-state index in [1.165, 1.54) is 18.9 Å². The molecule has 4 aromatic rings. The third kappa shape index (κ3) is 5.93. The maximum atomic E-state index is 12.5. The minimum absolute atomic E-state index is 0.0772. The van der Waals surface area contributed by atoms with Gasteiger partial charge in [-0.05, 0) is 61.2 Å². The molecule has 37 heavy (non-hydrogen) atoms. The Labute approximate surface area is 224 Å². The predicted molar refractivity (Wildman–Crippen MR) is 144 cm³/mol. The summed E-state index contributed by atoms with van der Waals surface area (Å²) < 4.78 is 30.0. The van der Waals surface area contributed by atoms with E-state index < -0.39 is 10.0 Å². The summed E-state index contributed by atoms with van der Waals surface area (Å²) in [4.78, 5) is 8.92. The number of thiophene rings is 1. The van der Waals surface area contributed by atoms with Gasteiger partial charge in [0.15, 0.2) is 0 Å². The van der Waals surface area contributed by atoms with E-state index in [9.17, 15) is 13.7 Å². The molecule has 1 fully saturated rings. The molecule has 0 amide bonds. The lowest BCUT2D eigenvalue weighted by atomic mass is 9.96. The van der Waals surface area contributed by atoms with Crippen LogP contribution < -0.4 is 10.0 Å². The lowest BCUT2D eigenvalue weighted by Crippen LogP contribution is -2.17. The van der Waals surface area contributed by atoms with Gasteiger partial charge in [-0.1, -0.05) is 24.4 Å². The number of nitrogens with zero attached hydrogens (tertiary/aromatic N) is 5. The molecule has 1 aliphatic carbocycles. The second-order valence-electron chi connectivity index (χ2n) is 8.82.